The van der Waals surface area contributed by atoms with Gasteiger partial charge in [-0.25, -0.2) is 0 Å². The van der Waals surface area contributed by atoms with Crippen LogP contribution in [0.2, 0.25) is 0 Å². The third-order valence-corrected chi connectivity index (χ3v) is 5.61. The highest BCUT2D eigenvalue weighted by atomic mass is 35.5. The summed E-state index contributed by atoms with van der Waals surface area (Å²) in [6.45, 7) is 2.08. The fourth-order valence-corrected chi connectivity index (χ4v) is 3.82. The van der Waals surface area contributed by atoms with E-state index < -0.39 is 0 Å². The summed E-state index contributed by atoms with van der Waals surface area (Å²) >= 11 is 7.46. The van der Waals surface area contributed by atoms with Gasteiger partial charge in [-0.1, -0.05) is 18.2 Å². The minimum atomic E-state index is -0.328. The van der Waals surface area contributed by atoms with Crippen molar-refractivity contribution in [1.29, 1.82) is 0 Å². The first-order valence-electron chi connectivity index (χ1n) is 8.47. The second-order valence-electron chi connectivity index (χ2n) is 6.59. The quantitative estimate of drug-likeness (QED) is 0.469. The first-order chi connectivity index (χ1) is 12.4. The van der Waals surface area contributed by atoms with Crippen LogP contribution in [-0.2, 0) is 4.79 Å². The van der Waals surface area contributed by atoms with Crippen molar-refractivity contribution in [3.8, 4) is 0 Å². The number of rotatable bonds is 5. The van der Waals surface area contributed by atoms with E-state index in [0.717, 1.165) is 39.1 Å². The summed E-state index contributed by atoms with van der Waals surface area (Å²) in [4.78, 5) is 14.9. The highest BCUT2D eigenvalue weighted by Gasteiger charge is 2.25. The maximum Gasteiger partial charge on any atom is 0.226 e. The second kappa shape index (κ2) is 7.73. The van der Waals surface area contributed by atoms with Gasteiger partial charge in [-0.15, -0.1) is 11.8 Å². The molecule has 0 aliphatic heterocycles. The van der Waals surface area contributed by atoms with Crippen LogP contribution in [0.1, 0.15) is 30.0 Å². The zero-order valence-electron chi connectivity index (χ0n) is 15.5. The van der Waals surface area contributed by atoms with Crippen molar-refractivity contribution in [2.24, 2.45) is 0 Å². The molecule has 2 nitrogen and oxygen atoms in total. The lowest BCUT2D eigenvalue weighted by molar-refractivity contribution is -0.110. The Bertz CT molecular complexity index is 910. The van der Waals surface area contributed by atoms with Crippen molar-refractivity contribution >= 4 is 51.5 Å². The predicted molar refractivity (Wildman–Crippen MR) is 115 cm³/mol. The third kappa shape index (κ3) is 3.74. The van der Waals surface area contributed by atoms with Gasteiger partial charge < -0.3 is 4.90 Å². The van der Waals surface area contributed by atoms with Gasteiger partial charge in [0, 0.05) is 31.1 Å². The van der Waals surface area contributed by atoms with Crippen LogP contribution in [0.5, 0.6) is 0 Å². The van der Waals surface area contributed by atoms with E-state index in [1.807, 2.05) is 14.1 Å². The molecule has 3 rings (SSSR count). The van der Waals surface area contributed by atoms with E-state index in [4.69, 9.17) is 11.6 Å². The molecule has 0 fully saturated rings. The molecule has 0 aromatic heterocycles. The normalized spacial score (nSPS) is 14.7. The molecular formula is C22H22ClNOS. The third-order valence-electron chi connectivity index (χ3n) is 4.73. The van der Waals surface area contributed by atoms with Crippen LogP contribution < -0.4 is 4.90 Å². The van der Waals surface area contributed by atoms with E-state index in [9.17, 15) is 4.79 Å². The number of thioether (sulfide) groups is 1. The van der Waals surface area contributed by atoms with Crippen molar-refractivity contribution in [3.05, 3.63) is 64.7 Å². The molecule has 0 heterocycles. The Morgan fingerprint density at radius 2 is 1.81 bits per heavy atom. The Balaban J connectivity index is 2.12. The molecule has 0 bridgehead atoms. The average Bonchev–Trinajstić information content (AvgIpc) is 2.87. The standard InChI is InChI=1S/C22H22ClNOS/c1-14-19(11-15-5-8-17(26-4)9-6-15)18-10-7-16(24(2)3)12-21(18)20(14)13-22(23)25/h5-12H,13H2,1-4H3/b19-11-. The molecule has 0 amide bonds. The van der Waals surface area contributed by atoms with Crippen LogP contribution in [0.15, 0.2) is 52.9 Å². The molecular weight excluding hydrogens is 362 g/mol. The molecule has 1 aliphatic carbocycles. The van der Waals surface area contributed by atoms with Gasteiger partial charge in [-0.2, -0.15) is 0 Å². The Morgan fingerprint density at radius 1 is 1.12 bits per heavy atom. The minimum Gasteiger partial charge on any atom is -0.378 e. The molecule has 0 spiro atoms. The van der Waals surface area contributed by atoms with Crippen molar-refractivity contribution in [2.45, 2.75) is 18.2 Å². The lowest BCUT2D eigenvalue weighted by Crippen LogP contribution is -2.08. The highest BCUT2D eigenvalue weighted by molar-refractivity contribution is 7.98. The van der Waals surface area contributed by atoms with E-state index in [1.54, 1.807) is 11.8 Å². The van der Waals surface area contributed by atoms with Crippen LogP contribution in [-0.4, -0.2) is 25.6 Å². The number of benzene rings is 2. The lowest BCUT2D eigenvalue weighted by atomic mass is 10.00. The first kappa shape index (κ1) is 18.8. The molecule has 4 heteroatoms. The van der Waals surface area contributed by atoms with Crippen LogP contribution in [0, 0.1) is 0 Å². The first-order valence-corrected chi connectivity index (χ1v) is 10.1. The summed E-state index contributed by atoms with van der Waals surface area (Å²) in [5, 5.41) is -0.328. The number of hydrogen-bond donors (Lipinski definition) is 0. The van der Waals surface area contributed by atoms with Gasteiger partial charge in [0.1, 0.15) is 0 Å². The van der Waals surface area contributed by atoms with Crippen LogP contribution in [0.3, 0.4) is 0 Å². The zero-order valence-corrected chi connectivity index (χ0v) is 17.0. The minimum absolute atomic E-state index is 0.250. The number of nitrogens with zero attached hydrogens (tertiary/aromatic N) is 1. The number of fused-ring (bicyclic) bond motifs is 1. The summed E-state index contributed by atoms with van der Waals surface area (Å²) in [5.74, 6) is 0. The Hall–Kier alpha value is -1.97. The summed E-state index contributed by atoms with van der Waals surface area (Å²) < 4.78 is 0. The topological polar surface area (TPSA) is 20.3 Å². The predicted octanol–water partition coefficient (Wildman–Crippen LogP) is 5.96. The maximum atomic E-state index is 11.6. The van der Waals surface area contributed by atoms with E-state index in [2.05, 4.69) is 66.6 Å². The SMILES string of the molecule is CSc1ccc(/C=C2/C(C)=C(CC(=O)Cl)c3cc(N(C)C)ccc32)cc1. The molecule has 2 aromatic rings. The van der Waals surface area contributed by atoms with Gasteiger partial charge in [0.2, 0.25) is 5.24 Å². The van der Waals surface area contributed by atoms with Crippen LogP contribution in [0.25, 0.3) is 17.2 Å². The fourth-order valence-electron chi connectivity index (χ4n) is 3.28. The molecule has 2 aromatic carbocycles. The van der Waals surface area contributed by atoms with Gasteiger partial charge in [0.05, 0.1) is 0 Å². The van der Waals surface area contributed by atoms with Crippen molar-refractivity contribution < 1.29 is 4.79 Å². The van der Waals surface area contributed by atoms with E-state index >= 15 is 0 Å². The Kier molecular flexibility index (Phi) is 5.59. The summed E-state index contributed by atoms with van der Waals surface area (Å²) in [6.07, 6.45) is 4.52. The van der Waals surface area contributed by atoms with E-state index in [1.165, 1.54) is 4.90 Å². The van der Waals surface area contributed by atoms with Gasteiger partial charge in [0.15, 0.2) is 0 Å². The van der Waals surface area contributed by atoms with Crippen LogP contribution in [0.4, 0.5) is 5.69 Å². The van der Waals surface area contributed by atoms with E-state index in [-0.39, 0.29) is 11.7 Å². The molecule has 26 heavy (non-hydrogen) atoms. The number of allylic oxidation sites excluding steroid dienone is 3. The van der Waals surface area contributed by atoms with Crippen molar-refractivity contribution in [2.75, 3.05) is 25.3 Å². The maximum absolute atomic E-state index is 11.6. The van der Waals surface area contributed by atoms with Gasteiger partial charge >= 0.3 is 0 Å². The fraction of sp³-hybridized carbons (Fsp3) is 0.227. The molecule has 0 saturated heterocycles. The smallest absolute Gasteiger partial charge is 0.226 e. The molecule has 0 unspecified atom stereocenters. The highest BCUT2D eigenvalue weighted by Crippen LogP contribution is 2.45. The zero-order chi connectivity index (χ0) is 18.8. The van der Waals surface area contributed by atoms with E-state index in [0.29, 0.717) is 0 Å². The molecule has 0 atom stereocenters. The monoisotopic (exact) mass is 383 g/mol. The average molecular weight is 384 g/mol. The van der Waals surface area contributed by atoms with Crippen LogP contribution >= 0.6 is 23.4 Å². The Labute approximate surface area is 164 Å². The van der Waals surface area contributed by atoms with Crippen molar-refractivity contribution in [3.63, 3.8) is 0 Å². The molecule has 0 radical (unpaired) electrons. The Morgan fingerprint density at radius 3 is 2.38 bits per heavy atom. The number of anilines is 1. The summed E-state index contributed by atoms with van der Waals surface area (Å²) in [6, 6.07) is 14.9. The van der Waals surface area contributed by atoms with Crippen molar-refractivity contribution in [1.82, 2.24) is 0 Å². The second-order valence-corrected chi connectivity index (χ2v) is 7.89. The molecule has 134 valence electrons. The largest absolute Gasteiger partial charge is 0.378 e. The molecule has 0 N–H and O–H groups in total. The van der Waals surface area contributed by atoms with Gasteiger partial charge in [0.25, 0.3) is 0 Å². The van der Waals surface area contributed by atoms with Gasteiger partial charge in [-0.05, 0) is 88.5 Å². The molecule has 0 saturated carbocycles. The molecule has 1 aliphatic rings. The number of halogens is 1. The number of carbonyl (C=O) groups is 1. The summed E-state index contributed by atoms with van der Waals surface area (Å²) in [5.41, 5.74) is 7.84. The summed E-state index contributed by atoms with van der Waals surface area (Å²) in [7, 11) is 4.04. The lowest BCUT2D eigenvalue weighted by Gasteiger charge is -2.15. The number of carbonyl (C=O) groups excluding carboxylic acids is 1. The number of hydrogen-bond acceptors (Lipinski definition) is 3. The van der Waals surface area contributed by atoms with Gasteiger partial charge in [-0.3, -0.25) is 4.79 Å².